The van der Waals surface area contributed by atoms with E-state index in [2.05, 4.69) is 26.0 Å². The van der Waals surface area contributed by atoms with E-state index in [1.807, 2.05) is 43.3 Å². The highest BCUT2D eigenvalue weighted by atomic mass is 16.5. The first kappa shape index (κ1) is 20.1. The quantitative estimate of drug-likeness (QED) is 0.693. The third-order valence-electron chi connectivity index (χ3n) is 6.82. The molecule has 0 aliphatic carbocycles. The van der Waals surface area contributed by atoms with Crippen LogP contribution in [0, 0.1) is 18.8 Å². The van der Waals surface area contributed by atoms with Crippen LogP contribution in [0.2, 0.25) is 0 Å². The molecule has 1 aromatic heterocycles. The molecule has 2 saturated heterocycles. The zero-order valence-electron chi connectivity index (χ0n) is 18.4. The Morgan fingerprint density at radius 1 is 1.23 bits per heavy atom. The number of hydrogen-bond donors (Lipinski definition) is 0. The standard InChI is InChI=1S/C25H28N2O4/c1-15(2)17-6-8-18(9-7-17)27-14-25-12-11-20(31-25)21(22(25)24(27)29)23(28)26(4)13-19-10-5-16(3)30-19/h5-12,15,20-22H,13-14H2,1-4H3/t20-,21-,22-,25-/m0/s1. The average Bonchev–Trinajstić information content (AvgIpc) is 3.49. The lowest BCUT2D eigenvalue weighted by Gasteiger charge is -2.27. The number of amides is 2. The molecule has 0 N–H and O–H groups in total. The Balaban J connectivity index is 1.39. The summed E-state index contributed by atoms with van der Waals surface area (Å²) in [7, 11) is 1.75. The molecule has 5 rings (SSSR count). The summed E-state index contributed by atoms with van der Waals surface area (Å²) in [4.78, 5) is 30.3. The second kappa shape index (κ2) is 7.09. The van der Waals surface area contributed by atoms with Crippen molar-refractivity contribution in [2.45, 2.75) is 44.9 Å². The minimum atomic E-state index is -0.721. The SMILES string of the molecule is Cc1ccc(CN(C)C(=O)[C@H]2[C@@H]3C=C[C@@]4(CN(c5ccc(C(C)C)cc5)C(=O)[C@H]24)O3)o1. The summed E-state index contributed by atoms with van der Waals surface area (Å²) in [5.74, 6) is 0.835. The van der Waals surface area contributed by atoms with Gasteiger partial charge >= 0.3 is 0 Å². The Bertz CT molecular complexity index is 1050. The van der Waals surface area contributed by atoms with Crippen LogP contribution < -0.4 is 4.90 Å². The maximum atomic E-state index is 13.5. The Morgan fingerprint density at radius 3 is 2.61 bits per heavy atom. The number of nitrogens with zero attached hydrogens (tertiary/aromatic N) is 2. The molecule has 1 aromatic carbocycles. The maximum Gasteiger partial charge on any atom is 0.234 e. The maximum absolute atomic E-state index is 13.5. The molecule has 3 aliphatic rings. The number of ether oxygens (including phenoxy) is 1. The highest BCUT2D eigenvalue weighted by Gasteiger charge is 2.67. The van der Waals surface area contributed by atoms with Crippen LogP contribution in [0.25, 0.3) is 0 Å². The number of carbonyl (C=O) groups excluding carboxylic acids is 2. The van der Waals surface area contributed by atoms with Gasteiger partial charge in [0, 0.05) is 12.7 Å². The number of hydrogen-bond acceptors (Lipinski definition) is 4. The highest BCUT2D eigenvalue weighted by molar-refractivity contribution is 6.03. The van der Waals surface area contributed by atoms with Crippen LogP contribution in [0.1, 0.15) is 36.8 Å². The van der Waals surface area contributed by atoms with Crippen molar-refractivity contribution in [3.63, 3.8) is 0 Å². The number of furan rings is 1. The van der Waals surface area contributed by atoms with Gasteiger partial charge in [0.25, 0.3) is 0 Å². The zero-order chi connectivity index (χ0) is 21.9. The van der Waals surface area contributed by atoms with Crippen molar-refractivity contribution in [2.75, 3.05) is 18.5 Å². The highest BCUT2D eigenvalue weighted by Crippen LogP contribution is 2.53. The molecule has 2 amide bonds. The molecule has 1 spiro atoms. The molecular weight excluding hydrogens is 392 g/mol. The van der Waals surface area contributed by atoms with Crippen molar-refractivity contribution in [1.29, 1.82) is 0 Å². The monoisotopic (exact) mass is 420 g/mol. The van der Waals surface area contributed by atoms with E-state index in [1.165, 1.54) is 5.56 Å². The number of anilines is 1. The van der Waals surface area contributed by atoms with Crippen LogP contribution in [0.4, 0.5) is 5.69 Å². The van der Waals surface area contributed by atoms with Crippen LogP contribution in [-0.2, 0) is 20.9 Å². The van der Waals surface area contributed by atoms with Gasteiger partial charge in [-0.25, -0.2) is 0 Å². The van der Waals surface area contributed by atoms with Gasteiger partial charge in [-0.05, 0) is 42.7 Å². The largest absolute Gasteiger partial charge is 0.464 e. The van der Waals surface area contributed by atoms with Gasteiger partial charge in [-0.3, -0.25) is 9.59 Å². The van der Waals surface area contributed by atoms with Gasteiger partial charge in [-0.15, -0.1) is 0 Å². The molecule has 3 aliphatic heterocycles. The minimum absolute atomic E-state index is 0.0373. The lowest BCUT2D eigenvalue weighted by atomic mass is 9.76. The molecule has 0 unspecified atom stereocenters. The third-order valence-corrected chi connectivity index (χ3v) is 6.82. The van der Waals surface area contributed by atoms with Crippen molar-refractivity contribution in [3.8, 4) is 0 Å². The normalized spacial score (nSPS) is 28.6. The van der Waals surface area contributed by atoms with Gasteiger partial charge in [0.2, 0.25) is 11.8 Å². The van der Waals surface area contributed by atoms with E-state index in [9.17, 15) is 9.59 Å². The summed E-state index contributed by atoms with van der Waals surface area (Å²) in [5.41, 5.74) is 1.36. The van der Waals surface area contributed by atoms with E-state index < -0.39 is 17.4 Å². The second-order valence-corrected chi connectivity index (χ2v) is 9.28. The van der Waals surface area contributed by atoms with Crippen LogP contribution in [0.5, 0.6) is 0 Å². The molecule has 6 heteroatoms. The van der Waals surface area contributed by atoms with Crippen molar-refractivity contribution < 1.29 is 18.7 Å². The van der Waals surface area contributed by atoms with Crippen LogP contribution in [0.3, 0.4) is 0 Å². The van der Waals surface area contributed by atoms with Gasteiger partial charge in [0.1, 0.15) is 17.1 Å². The van der Waals surface area contributed by atoms with Crippen molar-refractivity contribution in [3.05, 3.63) is 65.6 Å². The predicted molar refractivity (Wildman–Crippen MR) is 117 cm³/mol. The molecule has 0 radical (unpaired) electrons. The first-order chi connectivity index (χ1) is 14.8. The molecule has 4 heterocycles. The molecule has 31 heavy (non-hydrogen) atoms. The Morgan fingerprint density at radius 2 is 1.97 bits per heavy atom. The Labute approximate surface area is 182 Å². The summed E-state index contributed by atoms with van der Waals surface area (Å²) in [5, 5.41) is 0. The van der Waals surface area contributed by atoms with Gasteiger partial charge in [-0.1, -0.05) is 38.1 Å². The summed E-state index contributed by atoms with van der Waals surface area (Å²) < 4.78 is 11.9. The molecule has 2 fully saturated rings. The Hall–Kier alpha value is -2.86. The number of benzene rings is 1. The average molecular weight is 421 g/mol. The van der Waals surface area contributed by atoms with Gasteiger partial charge < -0.3 is 19.0 Å². The minimum Gasteiger partial charge on any atom is -0.464 e. The Kier molecular flexibility index (Phi) is 4.59. The first-order valence-electron chi connectivity index (χ1n) is 10.9. The lowest BCUT2D eigenvalue weighted by Crippen LogP contribution is -2.44. The van der Waals surface area contributed by atoms with Gasteiger partial charge in [0.15, 0.2) is 0 Å². The van der Waals surface area contributed by atoms with E-state index in [4.69, 9.17) is 9.15 Å². The van der Waals surface area contributed by atoms with Crippen molar-refractivity contribution in [2.24, 2.45) is 11.8 Å². The van der Waals surface area contributed by atoms with E-state index in [-0.39, 0.29) is 17.9 Å². The predicted octanol–water partition coefficient (Wildman–Crippen LogP) is 3.66. The van der Waals surface area contributed by atoms with E-state index >= 15 is 0 Å². The molecule has 6 nitrogen and oxygen atoms in total. The molecular formula is C25H28N2O4. The fourth-order valence-corrected chi connectivity index (χ4v) is 5.17. The molecule has 2 bridgehead atoms. The number of rotatable bonds is 5. The molecule has 4 atom stereocenters. The number of carbonyl (C=O) groups is 2. The zero-order valence-corrected chi connectivity index (χ0v) is 18.4. The van der Waals surface area contributed by atoms with Crippen LogP contribution in [0.15, 0.2) is 53.0 Å². The summed E-state index contributed by atoms with van der Waals surface area (Å²) in [6, 6.07) is 11.9. The van der Waals surface area contributed by atoms with Gasteiger partial charge in [0.05, 0.1) is 31.0 Å². The summed E-state index contributed by atoms with van der Waals surface area (Å²) in [6.45, 7) is 6.98. The fraction of sp³-hybridized carbons (Fsp3) is 0.440. The van der Waals surface area contributed by atoms with Gasteiger partial charge in [-0.2, -0.15) is 0 Å². The second-order valence-electron chi connectivity index (χ2n) is 9.28. The van der Waals surface area contributed by atoms with E-state index in [0.717, 1.165) is 17.2 Å². The van der Waals surface area contributed by atoms with Crippen LogP contribution >= 0.6 is 0 Å². The fourth-order valence-electron chi connectivity index (χ4n) is 5.17. The van der Waals surface area contributed by atoms with Crippen molar-refractivity contribution >= 4 is 17.5 Å². The van der Waals surface area contributed by atoms with Crippen molar-refractivity contribution in [1.82, 2.24) is 4.90 Å². The molecule has 2 aromatic rings. The summed E-state index contributed by atoms with van der Waals surface area (Å²) in [6.07, 6.45) is 3.58. The lowest BCUT2D eigenvalue weighted by molar-refractivity contribution is -0.139. The first-order valence-corrected chi connectivity index (χ1v) is 10.9. The smallest absolute Gasteiger partial charge is 0.234 e. The number of aryl methyl sites for hydroxylation is 1. The van der Waals surface area contributed by atoms with Crippen LogP contribution in [-0.4, -0.2) is 42.0 Å². The molecule has 162 valence electrons. The van der Waals surface area contributed by atoms with E-state index in [0.29, 0.717) is 19.0 Å². The number of fused-ring (bicyclic) bond motifs is 1. The molecule has 0 saturated carbocycles. The van der Waals surface area contributed by atoms with E-state index in [1.54, 1.807) is 16.8 Å². The topological polar surface area (TPSA) is 63.0 Å². The summed E-state index contributed by atoms with van der Waals surface area (Å²) >= 11 is 0. The third kappa shape index (κ3) is 3.12.